The van der Waals surface area contributed by atoms with Gasteiger partial charge < -0.3 is 10.1 Å². The van der Waals surface area contributed by atoms with Crippen molar-refractivity contribution in [3.05, 3.63) is 28.2 Å². The first-order valence-electron chi connectivity index (χ1n) is 5.81. The maximum absolute atomic E-state index is 11.9. The molecule has 8 heteroatoms. The van der Waals surface area contributed by atoms with Crippen molar-refractivity contribution < 1.29 is 17.9 Å². The summed E-state index contributed by atoms with van der Waals surface area (Å²) < 4.78 is 30.3. The third-order valence-electron chi connectivity index (χ3n) is 2.60. The molecule has 0 radical (unpaired) electrons. The van der Waals surface area contributed by atoms with Gasteiger partial charge in [-0.15, -0.1) is 0 Å². The zero-order valence-electron chi connectivity index (χ0n) is 11.5. The van der Waals surface area contributed by atoms with Crippen LogP contribution in [0.1, 0.15) is 5.56 Å². The minimum atomic E-state index is -3.43. The topological polar surface area (TPSA) is 75.7 Å². The maximum Gasteiger partial charge on any atom is 0.406 e. The van der Waals surface area contributed by atoms with E-state index in [2.05, 4.69) is 26.0 Å². The van der Waals surface area contributed by atoms with Crippen molar-refractivity contribution >= 4 is 37.7 Å². The number of carbonyl (C=O) groups excluding carboxylic acids is 1. The molecule has 0 unspecified atom stereocenters. The highest BCUT2D eigenvalue weighted by atomic mass is 79.9. The predicted octanol–water partition coefficient (Wildman–Crippen LogP) is 1.88. The number of ether oxygens (including phenoxy) is 1. The standard InChI is InChI=1S/C12H17BrN2O4S/c1-9-8-10(13)4-5-11(9)15(20(3,17)18)7-6-14-12(16)19-2/h4-5,8H,6-7H2,1-3H3,(H,14,16). The smallest absolute Gasteiger partial charge is 0.406 e. The van der Waals surface area contributed by atoms with E-state index in [1.807, 2.05) is 13.0 Å². The Kier molecular flexibility index (Phi) is 5.82. The molecule has 1 N–H and O–H groups in total. The van der Waals surface area contributed by atoms with Gasteiger partial charge >= 0.3 is 6.09 Å². The van der Waals surface area contributed by atoms with Crippen LogP contribution < -0.4 is 9.62 Å². The molecular formula is C12H17BrN2O4S. The van der Waals surface area contributed by atoms with E-state index < -0.39 is 16.1 Å². The molecule has 1 rings (SSSR count). The van der Waals surface area contributed by atoms with Crippen LogP contribution in [0.2, 0.25) is 0 Å². The molecule has 20 heavy (non-hydrogen) atoms. The Labute approximate surface area is 127 Å². The highest BCUT2D eigenvalue weighted by Gasteiger charge is 2.19. The maximum atomic E-state index is 11.9. The van der Waals surface area contributed by atoms with Gasteiger partial charge in [0.05, 0.1) is 25.6 Å². The van der Waals surface area contributed by atoms with Gasteiger partial charge in [-0.1, -0.05) is 15.9 Å². The Morgan fingerprint density at radius 1 is 1.45 bits per heavy atom. The van der Waals surface area contributed by atoms with E-state index in [1.54, 1.807) is 12.1 Å². The summed E-state index contributed by atoms with van der Waals surface area (Å²) >= 11 is 3.34. The van der Waals surface area contributed by atoms with Crippen LogP contribution in [0.25, 0.3) is 0 Å². The molecule has 0 saturated heterocycles. The number of benzene rings is 1. The van der Waals surface area contributed by atoms with Crippen LogP contribution in [-0.4, -0.2) is 41.0 Å². The molecule has 0 bridgehead atoms. The average Bonchev–Trinajstić information content (AvgIpc) is 2.34. The van der Waals surface area contributed by atoms with Crippen molar-refractivity contribution in [2.75, 3.05) is 30.8 Å². The number of nitrogens with zero attached hydrogens (tertiary/aromatic N) is 1. The Morgan fingerprint density at radius 3 is 2.60 bits per heavy atom. The second-order valence-corrected chi connectivity index (χ2v) is 7.01. The Bertz CT molecular complexity index is 589. The van der Waals surface area contributed by atoms with Gasteiger partial charge in [-0.2, -0.15) is 0 Å². The summed E-state index contributed by atoms with van der Waals surface area (Å²) in [4.78, 5) is 11.0. The Balaban J connectivity index is 2.93. The van der Waals surface area contributed by atoms with Crippen molar-refractivity contribution in [3.63, 3.8) is 0 Å². The van der Waals surface area contributed by atoms with Crippen molar-refractivity contribution in [1.82, 2.24) is 5.32 Å². The van der Waals surface area contributed by atoms with Gasteiger partial charge in [0.15, 0.2) is 0 Å². The first kappa shape index (κ1) is 16.8. The normalized spacial score (nSPS) is 11.0. The summed E-state index contributed by atoms with van der Waals surface area (Å²) in [7, 11) is -2.18. The first-order valence-corrected chi connectivity index (χ1v) is 8.45. The molecule has 112 valence electrons. The van der Waals surface area contributed by atoms with Crippen molar-refractivity contribution in [2.24, 2.45) is 0 Å². The van der Waals surface area contributed by atoms with Crippen LogP contribution in [0, 0.1) is 6.92 Å². The van der Waals surface area contributed by atoms with E-state index in [0.29, 0.717) is 5.69 Å². The van der Waals surface area contributed by atoms with Gasteiger partial charge in [-0.25, -0.2) is 13.2 Å². The highest BCUT2D eigenvalue weighted by molar-refractivity contribution is 9.10. The highest BCUT2D eigenvalue weighted by Crippen LogP contribution is 2.25. The fraction of sp³-hybridized carbons (Fsp3) is 0.417. The quantitative estimate of drug-likeness (QED) is 0.865. The largest absolute Gasteiger partial charge is 0.453 e. The number of aryl methyl sites for hydroxylation is 1. The lowest BCUT2D eigenvalue weighted by atomic mass is 10.2. The van der Waals surface area contributed by atoms with E-state index in [9.17, 15) is 13.2 Å². The third kappa shape index (κ3) is 4.68. The number of hydrogen-bond acceptors (Lipinski definition) is 4. The predicted molar refractivity (Wildman–Crippen MR) is 81.5 cm³/mol. The van der Waals surface area contributed by atoms with Gasteiger partial charge in [0.25, 0.3) is 0 Å². The van der Waals surface area contributed by atoms with E-state index in [1.165, 1.54) is 11.4 Å². The Hall–Kier alpha value is -1.28. The van der Waals surface area contributed by atoms with Crippen molar-refractivity contribution in [3.8, 4) is 0 Å². The number of alkyl carbamates (subject to hydrolysis) is 1. The third-order valence-corrected chi connectivity index (χ3v) is 4.27. The van der Waals surface area contributed by atoms with Crippen LogP contribution in [0.4, 0.5) is 10.5 Å². The van der Waals surface area contributed by atoms with Gasteiger partial charge in [0.2, 0.25) is 10.0 Å². The summed E-state index contributed by atoms with van der Waals surface area (Å²) in [6.07, 6.45) is 0.540. The molecule has 0 fully saturated rings. The fourth-order valence-corrected chi connectivity index (χ4v) is 3.16. The number of nitrogens with one attached hydrogen (secondary N) is 1. The van der Waals surface area contributed by atoms with E-state index >= 15 is 0 Å². The lowest BCUT2D eigenvalue weighted by Gasteiger charge is -2.24. The molecule has 0 saturated carbocycles. The summed E-state index contributed by atoms with van der Waals surface area (Å²) in [5.74, 6) is 0. The summed E-state index contributed by atoms with van der Waals surface area (Å²) in [6.45, 7) is 2.12. The molecule has 0 aliphatic carbocycles. The number of halogens is 1. The van der Waals surface area contributed by atoms with Crippen LogP contribution in [-0.2, 0) is 14.8 Å². The molecule has 0 spiro atoms. The average molecular weight is 365 g/mol. The SMILES string of the molecule is COC(=O)NCCN(c1ccc(Br)cc1C)S(C)(=O)=O. The number of sulfonamides is 1. The van der Waals surface area contributed by atoms with Gasteiger partial charge in [0.1, 0.15) is 0 Å². The molecule has 0 heterocycles. The van der Waals surface area contributed by atoms with E-state index in [4.69, 9.17) is 0 Å². The van der Waals surface area contributed by atoms with Crippen LogP contribution >= 0.6 is 15.9 Å². The van der Waals surface area contributed by atoms with E-state index in [-0.39, 0.29) is 13.1 Å². The van der Waals surface area contributed by atoms with Crippen LogP contribution in [0.5, 0.6) is 0 Å². The Morgan fingerprint density at radius 2 is 2.10 bits per heavy atom. The minimum Gasteiger partial charge on any atom is -0.453 e. The zero-order chi connectivity index (χ0) is 15.3. The fourth-order valence-electron chi connectivity index (χ4n) is 1.70. The monoisotopic (exact) mass is 364 g/mol. The molecule has 1 aromatic rings. The van der Waals surface area contributed by atoms with Gasteiger partial charge in [-0.05, 0) is 30.7 Å². The van der Waals surface area contributed by atoms with Crippen molar-refractivity contribution in [2.45, 2.75) is 6.92 Å². The molecule has 0 aliphatic heterocycles. The minimum absolute atomic E-state index is 0.135. The van der Waals surface area contributed by atoms with Crippen LogP contribution in [0.15, 0.2) is 22.7 Å². The molecule has 1 amide bonds. The molecule has 0 atom stereocenters. The lowest BCUT2D eigenvalue weighted by molar-refractivity contribution is 0.171. The number of amides is 1. The first-order chi connectivity index (χ1) is 9.25. The number of hydrogen-bond donors (Lipinski definition) is 1. The lowest BCUT2D eigenvalue weighted by Crippen LogP contribution is -2.38. The molecule has 6 nitrogen and oxygen atoms in total. The van der Waals surface area contributed by atoms with Crippen molar-refractivity contribution in [1.29, 1.82) is 0 Å². The summed E-state index contributed by atoms with van der Waals surface area (Å²) in [6, 6.07) is 5.33. The van der Waals surface area contributed by atoms with E-state index in [0.717, 1.165) is 16.3 Å². The zero-order valence-corrected chi connectivity index (χ0v) is 13.9. The molecule has 0 aliphatic rings. The van der Waals surface area contributed by atoms with Gasteiger partial charge in [-0.3, -0.25) is 4.31 Å². The van der Waals surface area contributed by atoms with Gasteiger partial charge in [0, 0.05) is 11.0 Å². The number of anilines is 1. The number of carbonyl (C=O) groups is 1. The van der Waals surface area contributed by atoms with Crippen LogP contribution in [0.3, 0.4) is 0 Å². The number of methoxy groups -OCH3 is 1. The molecular weight excluding hydrogens is 348 g/mol. The number of rotatable bonds is 5. The molecule has 1 aromatic carbocycles. The summed E-state index contributed by atoms with van der Waals surface area (Å²) in [5, 5.41) is 2.46. The summed E-state index contributed by atoms with van der Waals surface area (Å²) in [5.41, 5.74) is 1.41. The second-order valence-electron chi connectivity index (χ2n) is 4.18. The molecule has 0 aromatic heterocycles. The second kappa shape index (κ2) is 6.94.